The maximum Gasteiger partial charge on any atom is 0.272 e. The Kier molecular flexibility index (Phi) is 3.60. The summed E-state index contributed by atoms with van der Waals surface area (Å²) in [4.78, 5) is 18.5. The highest BCUT2D eigenvalue weighted by Crippen LogP contribution is 1.96. The van der Waals surface area contributed by atoms with Gasteiger partial charge in [0.1, 0.15) is 5.82 Å². The van der Waals surface area contributed by atoms with E-state index in [2.05, 4.69) is 24.0 Å². The highest BCUT2D eigenvalue weighted by Gasteiger charge is 2.07. The van der Waals surface area contributed by atoms with E-state index < -0.39 is 0 Å². The van der Waals surface area contributed by atoms with Crippen molar-refractivity contribution in [3.63, 3.8) is 0 Å². The molecule has 2 N–H and O–H groups in total. The van der Waals surface area contributed by atoms with E-state index >= 15 is 0 Å². The van der Waals surface area contributed by atoms with Gasteiger partial charge in [-0.1, -0.05) is 0 Å². The second-order valence-electron chi connectivity index (χ2n) is 3.19. The van der Waals surface area contributed by atoms with Gasteiger partial charge in [0.2, 0.25) is 0 Å². The lowest BCUT2D eigenvalue weighted by Gasteiger charge is -2.01. The zero-order chi connectivity index (χ0) is 11.2. The lowest BCUT2D eigenvalue weighted by Crippen LogP contribution is -2.25. The Morgan fingerprint density at radius 2 is 2.50 bits per heavy atom. The van der Waals surface area contributed by atoms with Crippen LogP contribution in [0.4, 0.5) is 0 Å². The third-order valence-corrected chi connectivity index (χ3v) is 2.50. The lowest BCUT2D eigenvalue weighted by atomic mass is 10.3. The molecule has 0 saturated carbocycles. The molecule has 0 unspecified atom stereocenters. The molecule has 7 heteroatoms. The smallest absolute Gasteiger partial charge is 0.272 e. The van der Waals surface area contributed by atoms with Crippen LogP contribution in [0.3, 0.4) is 0 Å². The summed E-state index contributed by atoms with van der Waals surface area (Å²) in [5, 5.41) is 2.77. The van der Waals surface area contributed by atoms with Crippen molar-refractivity contribution >= 4 is 17.6 Å². The first-order valence-corrected chi connectivity index (χ1v) is 5.63. The SMILES string of the molecule is O=C(NCCCc1ncc[nH]1)c1cnsn1. The molecule has 6 nitrogen and oxygen atoms in total. The molecule has 0 aliphatic carbocycles. The molecule has 0 spiro atoms. The minimum absolute atomic E-state index is 0.173. The molecule has 1 amide bonds. The Bertz CT molecular complexity index is 425. The van der Waals surface area contributed by atoms with Crippen molar-refractivity contribution in [1.82, 2.24) is 24.0 Å². The van der Waals surface area contributed by atoms with Crippen molar-refractivity contribution in [1.29, 1.82) is 0 Å². The highest BCUT2D eigenvalue weighted by molar-refractivity contribution is 6.99. The second kappa shape index (κ2) is 5.36. The molecule has 84 valence electrons. The maximum absolute atomic E-state index is 11.4. The van der Waals surface area contributed by atoms with Crippen LogP contribution in [-0.2, 0) is 6.42 Å². The third-order valence-electron chi connectivity index (χ3n) is 2.02. The Hall–Kier alpha value is -1.76. The van der Waals surface area contributed by atoms with Gasteiger partial charge >= 0.3 is 0 Å². The van der Waals surface area contributed by atoms with Gasteiger partial charge in [0.15, 0.2) is 5.69 Å². The van der Waals surface area contributed by atoms with Crippen molar-refractivity contribution in [2.75, 3.05) is 6.54 Å². The van der Waals surface area contributed by atoms with E-state index in [9.17, 15) is 4.79 Å². The largest absolute Gasteiger partial charge is 0.351 e. The normalized spacial score (nSPS) is 10.2. The molecule has 0 fully saturated rings. The summed E-state index contributed by atoms with van der Waals surface area (Å²) < 4.78 is 7.61. The van der Waals surface area contributed by atoms with Crippen LogP contribution in [0.1, 0.15) is 22.7 Å². The maximum atomic E-state index is 11.4. The molecule has 0 bridgehead atoms. The van der Waals surface area contributed by atoms with Crippen LogP contribution in [-0.4, -0.2) is 31.2 Å². The van der Waals surface area contributed by atoms with Crippen molar-refractivity contribution in [2.24, 2.45) is 0 Å². The molecule has 2 aromatic heterocycles. The fourth-order valence-electron chi connectivity index (χ4n) is 1.25. The third kappa shape index (κ3) is 2.86. The van der Waals surface area contributed by atoms with Crippen molar-refractivity contribution in [2.45, 2.75) is 12.8 Å². The van der Waals surface area contributed by atoms with Crippen LogP contribution in [0.2, 0.25) is 0 Å². The average molecular weight is 237 g/mol. The van der Waals surface area contributed by atoms with Crippen LogP contribution in [0.15, 0.2) is 18.6 Å². The Labute approximate surface area is 96.5 Å². The Morgan fingerprint density at radius 1 is 1.56 bits per heavy atom. The molecular formula is C9H11N5OS. The summed E-state index contributed by atoms with van der Waals surface area (Å²) in [7, 11) is 0. The number of hydrogen-bond acceptors (Lipinski definition) is 5. The Morgan fingerprint density at radius 3 is 3.19 bits per heavy atom. The monoisotopic (exact) mass is 237 g/mol. The van der Waals surface area contributed by atoms with E-state index in [0.29, 0.717) is 12.2 Å². The first-order chi connectivity index (χ1) is 7.86. The minimum atomic E-state index is -0.173. The van der Waals surface area contributed by atoms with Crippen LogP contribution in [0.5, 0.6) is 0 Å². The predicted molar refractivity (Wildman–Crippen MR) is 59.2 cm³/mol. The van der Waals surface area contributed by atoms with Gasteiger partial charge in [-0.3, -0.25) is 4.79 Å². The van der Waals surface area contributed by atoms with Gasteiger partial charge in [0, 0.05) is 25.4 Å². The zero-order valence-electron chi connectivity index (χ0n) is 8.51. The average Bonchev–Trinajstić information content (AvgIpc) is 2.96. The summed E-state index contributed by atoms with van der Waals surface area (Å²) in [6.45, 7) is 0.608. The number of nitrogens with zero attached hydrogens (tertiary/aromatic N) is 3. The van der Waals surface area contributed by atoms with Crippen LogP contribution in [0, 0.1) is 0 Å². The first-order valence-electron chi connectivity index (χ1n) is 4.90. The number of amides is 1. The minimum Gasteiger partial charge on any atom is -0.351 e. The fraction of sp³-hybridized carbons (Fsp3) is 0.333. The lowest BCUT2D eigenvalue weighted by molar-refractivity contribution is 0.0949. The molecule has 2 aromatic rings. The quantitative estimate of drug-likeness (QED) is 0.747. The van der Waals surface area contributed by atoms with E-state index in [1.165, 1.54) is 6.20 Å². The molecule has 0 aliphatic rings. The highest BCUT2D eigenvalue weighted by atomic mass is 32.1. The molecule has 16 heavy (non-hydrogen) atoms. The molecule has 2 heterocycles. The van der Waals surface area contributed by atoms with Crippen molar-refractivity contribution < 1.29 is 4.79 Å². The van der Waals surface area contributed by atoms with E-state index in [1.807, 2.05) is 0 Å². The van der Waals surface area contributed by atoms with Crippen LogP contribution >= 0.6 is 11.7 Å². The number of imidazole rings is 1. The number of H-pyrrole nitrogens is 1. The van der Waals surface area contributed by atoms with Gasteiger partial charge in [-0.05, 0) is 6.42 Å². The van der Waals surface area contributed by atoms with Crippen molar-refractivity contribution in [3.8, 4) is 0 Å². The number of aromatic nitrogens is 4. The van der Waals surface area contributed by atoms with Crippen LogP contribution < -0.4 is 5.32 Å². The van der Waals surface area contributed by atoms with E-state index in [4.69, 9.17) is 0 Å². The Balaban J connectivity index is 1.67. The molecular weight excluding hydrogens is 226 g/mol. The first kappa shape index (κ1) is 10.7. The van der Waals surface area contributed by atoms with Gasteiger partial charge in [-0.15, -0.1) is 0 Å². The van der Waals surface area contributed by atoms with Crippen molar-refractivity contribution in [3.05, 3.63) is 30.1 Å². The van der Waals surface area contributed by atoms with Crippen LogP contribution in [0.25, 0.3) is 0 Å². The number of carbonyl (C=O) groups is 1. The number of carbonyl (C=O) groups excluding carboxylic acids is 1. The summed E-state index contributed by atoms with van der Waals surface area (Å²) in [6.07, 6.45) is 6.63. The number of nitrogens with one attached hydrogen (secondary N) is 2. The van der Waals surface area contributed by atoms with E-state index in [1.54, 1.807) is 12.4 Å². The number of aryl methyl sites for hydroxylation is 1. The molecule has 0 aliphatic heterocycles. The molecule has 0 saturated heterocycles. The summed E-state index contributed by atoms with van der Waals surface area (Å²) in [6, 6.07) is 0. The van der Waals surface area contributed by atoms with Gasteiger partial charge in [-0.25, -0.2) is 4.98 Å². The fourth-order valence-corrected chi connectivity index (χ4v) is 1.66. The number of aromatic amines is 1. The van der Waals surface area contributed by atoms with E-state index in [0.717, 1.165) is 30.4 Å². The molecule has 0 atom stereocenters. The predicted octanol–water partition coefficient (Wildman–Crippen LogP) is 0.624. The molecule has 2 rings (SSSR count). The van der Waals surface area contributed by atoms with Gasteiger partial charge < -0.3 is 10.3 Å². The second-order valence-corrected chi connectivity index (χ2v) is 3.74. The summed E-state index contributed by atoms with van der Waals surface area (Å²) >= 11 is 1.03. The van der Waals surface area contributed by atoms with E-state index in [-0.39, 0.29) is 5.91 Å². The number of rotatable bonds is 5. The summed E-state index contributed by atoms with van der Waals surface area (Å²) in [5.74, 6) is 0.762. The van der Waals surface area contributed by atoms with Gasteiger partial charge in [0.25, 0.3) is 5.91 Å². The topological polar surface area (TPSA) is 83.6 Å². The zero-order valence-corrected chi connectivity index (χ0v) is 9.33. The molecule has 0 radical (unpaired) electrons. The molecule has 0 aromatic carbocycles. The standard InChI is InChI=1S/C9H11N5OS/c15-9(7-6-13-16-14-7)12-3-1-2-8-10-4-5-11-8/h4-6H,1-3H2,(H,10,11)(H,12,15). The van der Waals surface area contributed by atoms with Gasteiger partial charge in [0.05, 0.1) is 17.9 Å². The number of hydrogen-bond donors (Lipinski definition) is 2. The summed E-state index contributed by atoms with van der Waals surface area (Å²) in [5.41, 5.74) is 0.378. The van der Waals surface area contributed by atoms with Gasteiger partial charge in [-0.2, -0.15) is 8.75 Å².